The van der Waals surface area contributed by atoms with Crippen molar-refractivity contribution in [3.05, 3.63) is 52.0 Å². The van der Waals surface area contributed by atoms with E-state index in [9.17, 15) is 9.59 Å². The second-order valence-electron chi connectivity index (χ2n) is 10.2. The second-order valence-corrected chi connectivity index (χ2v) is 10.6. The number of rotatable bonds is 7. The number of likely N-dealkylation sites (tertiary alicyclic amines) is 1. The van der Waals surface area contributed by atoms with Gasteiger partial charge in [-0.3, -0.25) is 14.5 Å². The standard InChI is InChI=1S/C28H35ClN4O5/c1-36-25-14-24(30)23(29)13-22(25)27(34)31-15-20-17-32(10-12-37-20)16-18-5-8-33(9-6-18)28(35)21-4-2-3-19-7-11-38-26(19)21/h2-4,13-14,18,20H,5-12,15-17,30H2,1H3,(H,31,34). The molecular formula is C28H35ClN4O5. The van der Waals surface area contributed by atoms with E-state index in [2.05, 4.69) is 10.2 Å². The van der Waals surface area contributed by atoms with Gasteiger partial charge in [-0.1, -0.05) is 23.7 Å². The molecular weight excluding hydrogens is 508 g/mol. The van der Waals surface area contributed by atoms with E-state index < -0.39 is 0 Å². The molecule has 38 heavy (non-hydrogen) atoms. The Labute approximate surface area is 228 Å². The maximum atomic E-state index is 13.2. The number of carbonyl (C=O) groups excluding carboxylic acids is 2. The van der Waals surface area contributed by atoms with Gasteiger partial charge in [0.1, 0.15) is 11.5 Å². The number of halogens is 1. The molecule has 0 aliphatic carbocycles. The zero-order valence-corrected chi connectivity index (χ0v) is 22.5. The molecule has 9 nitrogen and oxygen atoms in total. The Balaban J connectivity index is 1.09. The van der Waals surface area contributed by atoms with Crippen molar-refractivity contribution < 1.29 is 23.8 Å². The number of nitrogens with two attached hydrogens (primary N) is 1. The highest BCUT2D eigenvalue weighted by Gasteiger charge is 2.30. The molecule has 3 heterocycles. The fourth-order valence-corrected chi connectivity index (χ4v) is 5.69. The number of fused-ring (bicyclic) bond motifs is 1. The zero-order valence-electron chi connectivity index (χ0n) is 21.7. The number of piperidine rings is 1. The number of nitrogen functional groups attached to an aromatic ring is 1. The van der Waals surface area contributed by atoms with Crippen LogP contribution in [0.3, 0.4) is 0 Å². The average molecular weight is 543 g/mol. The summed E-state index contributed by atoms with van der Waals surface area (Å²) >= 11 is 6.11. The topological polar surface area (TPSA) is 106 Å². The van der Waals surface area contributed by atoms with E-state index in [0.29, 0.717) is 53.3 Å². The fraction of sp³-hybridized carbons (Fsp3) is 0.500. The molecule has 1 unspecified atom stereocenters. The van der Waals surface area contributed by atoms with Crippen LogP contribution in [0.2, 0.25) is 5.02 Å². The van der Waals surface area contributed by atoms with Crippen molar-refractivity contribution in [3.8, 4) is 11.5 Å². The molecule has 2 aromatic rings. The Hall–Kier alpha value is -3.01. The van der Waals surface area contributed by atoms with Crippen molar-refractivity contribution in [1.29, 1.82) is 0 Å². The minimum absolute atomic E-state index is 0.0726. The third kappa shape index (κ3) is 5.85. The number of hydrogen-bond acceptors (Lipinski definition) is 7. The lowest BCUT2D eigenvalue weighted by Crippen LogP contribution is -2.50. The summed E-state index contributed by atoms with van der Waals surface area (Å²) in [6.07, 6.45) is 2.70. The van der Waals surface area contributed by atoms with Crippen LogP contribution in [-0.2, 0) is 11.2 Å². The summed E-state index contributed by atoms with van der Waals surface area (Å²) in [6, 6.07) is 8.94. The third-order valence-electron chi connectivity index (χ3n) is 7.64. The van der Waals surface area contributed by atoms with Gasteiger partial charge in [0.2, 0.25) is 0 Å². The van der Waals surface area contributed by atoms with Crippen molar-refractivity contribution in [3.63, 3.8) is 0 Å². The predicted molar refractivity (Wildman–Crippen MR) is 145 cm³/mol. The minimum Gasteiger partial charge on any atom is -0.496 e. The summed E-state index contributed by atoms with van der Waals surface area (Å²) in [5, 5.41) is 3.25. The minimum atomic E-state index is -0.282. The lowest BCUT2D eigenvalue weighted by atomic mass is 9.95. The number of amides is 2. The Bertz CT molecular complexity index is 1180. The van der Waals surface area contributed by atoms with Crippen molar-refractivity contribution >= 4 is 29.1 Å². The Kier molecular flexibility index (Phi) is 8.26. The maximum Gasteiger partial charge on any atom is 0.257 e. The monoisotopic (exact) mass is 542 g/mol. The zero-order chi connectivity index (χ0) is 26.6. The molecule has 204 valence electrons. The maximum absolute atomic E-state index is 13.2. The van der Waals surface area contributed by atoms with Crippen LogP contribution in [0, 0.1) is 5.92 Å². The van der Waals surface area contributed by atoms with Gasteiger partial charge in [-0.05, 0) is 36.5 Å². The molecule has 3 aliphatic heterocycles. The number of methoxy groups -OCH3 is 1. The molecule has 1 atom stereocenters. The molecule has 0 spiro atoms. The number of nitrogens with zero attached hydrogens (tertiary/aromatic N) is 2. The van der Waals surface area contributed by atoms with Crippen LogP contribution in [0.15, 0.2) is 30.3 Å². The number of hydrogen-bond donors (Lipinski definition) is 2. The van der Waals surface area contributed by atoms with Crippen LogP contribution in [0.1, 0.15) is 39.1 Å². The molecule has 10 heteroatoms. The molecule has 2 saturated heterocycles. The van der Waals surface area contributed by atoms with Gasteiger partial charge in [-0.25, -0.2) is 0 Å². The Morgan fingerprint density at radius 3 is 2.76 bits per heavy atom. The number of morpholine rings is 1. The van der Waals surface area contributed by atoms with Gasteiger partial charge in [-0.15, -0.1) is 0 Å². The van der Waals surface area contributed by atoms with Crippen LogP contribution in [0.4, 0.5) is 5.69 Å². The summed E-state index contributed by atoms with van der Waals surface area (Å²) in [5.41, 5.74) is 8.34. The highest BCUT2D eigenvalue weighted by atomic mass is 35.5. The molecule has 0 radical (unpaired) electrons. The largest absolute Gasteiger partial charge is 0.496 e. The molecule has 0 saturated carbocycles. The van der Waals surface area contributed by atoms with Crippen molar-refractivity contribution in [1.82, 2.24) is 15.1 Å². The molecule has 2 fully saturated rings. The van der Waals surface area contributed by atoms with Gasteiger partial charge >= 0.3 is 0 Å². The first-order valence-electron chi connectivity index (χ1n) is 13.2. The lowest BCUT2D eigenvalue weighted by molar-refractivity contribution is -0.0332. The Morgan fingerprint density at radius 1 is 1.16 bits per heavy atom. The molecule has 2 aromatic carbocycles. The quantitative estimate of drug-likeness (QED) is 0.518. The van der Waals surface area contributed by atoms with Crippen LogP contribution in [-0.4, -0.2) is 87.3 Å². The van der Waals surface area contributed by atoms with Gasteiger partial charge in [0, 0.05) is 51.8 Å². The molecule has 5 rings (SSSR count). The summed E-state index contributed by atoms with van der Waals surface area (Å²) in [7, 11) is 1.49. The first-order chi connectivity index (χ1) is 18.4. The smallest absolute Gasteiger partial charge is 0.257 e. The summed E-state index contributed by atoms with van der Waals surface area (Å²) in [6.45, 7) is 5.72. The summed E-state index contributed by atoms with van der Waals surface area (Å²) < 4.78 is 17.0. The Morgan fingerprint density at radius 2 is 1.97 bits per heavy atom. The van der Waals surface area contributed by atoms with Crippen molar-refractivity contribution in [2.45, 2.75) is 25.4 Å². The van der Waals surface area contributed by atoms with Crippen LogP contribution in [0.5, 0.6) is 11.5 Å². The summed E-state index contributed by atoms with van der Waals surface area (Å²) in [4.78, 5) is 30.3. The first kappa shape index (κ1) is 26.6. The molecule has 3 N–H and O–H groups in total. The molecule has 0 aromatic heterocycles. The third-order valence-corrected chi connectivity index (χ3v) is 7.97. The number of para-hydroxylation sites is 1. The van der Waals surface area contributed by atoms with Gasteiger partial charge < -0.3 is 30.2 Å². The van der Waals surface area contributed by atoms with E-state index >= 15 is 0 Å². The van der Waals surface area contributed by atoms with Gasteiger partial charge in [0.05, 0.1) is 48.3 Å². The first-order valence-corrected chi connectivity index (χ1v) is 13.6. The van der Waals surface area contributed by atoms with Crippen LogP contribution >= 0.6 is 11.6 Å². The SMILES string of the molecule is COc1cc(N)c(Cl)cc1C(=O)NCC1CN(CC2CCN(C(=O)c3cccc4c3OCC4)CC2)CCO1. The van der Waals surface area contributed by atoms with Crippen LogP contribution in [0.25, 0.3) is 0 Å². The number of nitrogens with one attached hydrogen (secondary N) is 1. The number of carbonyl (C=O) groups is 2. The fourth-order valence-electron chi connectivity index (χ4n) is 5.52. The normalized spacial score (nSPS) is 20.1. The van der Waals surface area contributed by atoms with E-state index in [1.807, 2.05) is 23.1 Å². The lowest BCUT2D eigenvalue weighted by Gasteiger charge is -2.38. The van der Waals surface area contributed by atoms with Gasteiger partial charge in [-0.2, -0.15) is 0 Å². The number of benzene rings is 2. The van der Waals surface area contributed by atoms with E-state index in [4.69, 9.17) is 31.5 Å². The van der Waals surface area contributed by atoms with E-state index in [1.54, 1.807) is 6.07 Å². The average Bonchev–Trinajstić information content (AvgIpc) is 3.42. The number of anilines is 1. The van der Waals surface area contributed by atoms with E-state index in [0.717, 1.165) is 63.3 Å². The van der Waals surface area contributed by atoms with Crippen LogP contribution < -0.4 is 20.5 Å². The van der Waals surface area contributed by atoms with Crippen molar-refractivity contribution in [2.24, 2.45) is 5.92 Å². The highest BCUT2D eigenvalue weighted by Crippen LogP contribution is 2.32. The van der Waals surface area contributed by atoms with Crippen molar-refractivity contribution in [2.75, 3.05) is 65.3 Å². The van der Waals surface area contributed by atoms with E-state index in [-0.39, 0.29) is 17.9 Å². The summed E-state index contributed by atoms with van der Waals surface area (Å²) in [5.74, 6) is 1.46. The second kappa shape index (κ2) is 11.8. The van der Waals surface area contributed by atoms with Gasteiger partial charge in [0.15, 0.2) is 0 Å². The highest BCUT2D eigenvalue weighted by molar-refractivity contribution is 6.33. The number of ether oxygens (including phenoxy) is 3. The van der Waals surface area contributed by atoms with E-state index in [1.165, 1.54) is 13.2 Å². The molecule has 0 bridgehead atoms. The predicted octanol–water partition coefficient (Wildman–Crippen LogP) is 2.85. The van der Waals surface area contributed by atoms with Gasteiger partial charge in [0.25, 0.3) is 11.8 Å². The molecule has 2 amide bonds. The molecule has 3 aliphatic rings.